The molecule has 4 rings (SSSR count). The second-order valence-corrected chi connectivity index (χ2v) is 8.94. The van der Waals surface area contributed by atoms with Crippen LogP contribution in [0.5, 0.6) is 0 Å². The lowest BCUT2D eigenvalue weighted by Crippen LogP contribution is -2.39. The summed E-state index contributed by atoms with van der Waals surface area (Å²) in [4.78, 5) is 30.6. The van der Waals surface area contributed by atoms with Crippen molar-refractivity contribution in [3.63, 3.8) is 0 Å². The minimum Gasteiger partial charge on any atom is -0.444 e. The second-order valence-electron chi connectivity index (χ2n) is 8.94. The molecule has 0 aliphatic carbocycles. The van der Waals surface area contributed by atoms with Gasteiger partial charge in [-0.3, -0.25) is 4.79 Å². The van der Waals surface area contributed by atoms with Crippen molar-refractivity contribution in [2.45, 2.75) is 39.2 Å². The number of anilines is 1. The number of aromatic nitrogens is 2. The van der Waals surface area contributed by atoms with E-state index in [9.17, 15) is 9.59 Å². The fourth-order valence-electron chi connectivity index (χ4n) is 3.64. The van der Waals surface area contributed by atoms with Crippen LogP contribution in [0.15, 0.2) is 61.1 Å². The number of fused-ring (bicyclic) bond motifs is 1. The van der Waals surface area contributed by atoms with E-state index < -0.39 is 5.60 Å². The monoisotopic (exact) mass is 432 g/mol. The molecule has 1 N–H and O–H groups in total. The number of imidazole rings is 1. The molecule has 0 saturated heterocycles. The van der Waals surface area contributed by atoms with Crippen LogP contribution in [0.4, 0.5) is 10.5 Å². The van der Waals surface area contributed by atoms with Crippen molar-refractivity contribution < 1.29 is 14.3 Å². The molecule has 0 radical (unpaired) electrons. The summed E-state index contributed by atoms with van der Waals surface area (Å²) in [5.41, 5.74) is 4.35. The van der Waals surface area contributed by atoms with Crippen LogP contribution in [-0.4, -0.2) is 45.0 Å². The largest absolute Gasteiger partial charge is 0.444 e. The Bertz CT molecular complexity index is 1160. The molecule has 0 bridgehead atoms. The van der Waals surface area contributed by atoms with Crippen LogP contribution in [0.3, 0.4) is 0 Å². The summed E-state index contributed by atoms with van der Waals surface area (Å²) >= 11 is 0. The zero-order valence-electron chi connectivity index (χ0n) is 18.7. The van der Waals surface area contributed by atoms with Crippen molar-refractivity contribution in [3.05, 3.63) is 72.2 Å². The zero-order valence-corrected chi connectivity index (χ0v) is 18.7. The number of nitrogens with zero attached hydrogens (tertiary/aromatic N) is 3. The Morgan fingerprint density at radius 2 is 1.91 bits per heavy atom. The lowest BCUT2D eigenvalue weighted by atomic mass is 9.98. The maximum Gasteiger partial charge on any atom is 0.410 e. The Hall–Kier alpha value is -3.61. The summed E-state index contributed by atoms with van der Waals surface area (Å²) in [7, 11) is 0. The summed E-state index contributed by atoms with van der Waals surface area (Å²) in [5, 5.41) is 2.93. The maximum atomic E-state index is 12.4. The van der Waals surface area contributed by atoms with Crippen LogP contribution in [0.1, 0.15) is 38.3 Å². The van der Waals surface area contributed by atoms with Crippen molar-refractivity contribution >= 4 is 28.9 Å². The molecule has 2 amide bonds. The van der Waals surface area contributed by atoms with Gasteiger partial charge in [0.15, 0.2) is 0 Å². The Labute approximate surface area is 187 Å². The minimum atomic E-state index is -0.491. The number of pyridine rings is 1. The lowest BCUT2D eigenvalue weighted by molar-refractivity contribution is -0.115. The highest BCUT2D eigenvalue weighted by atomic mass is 16.6. The van der Waals surface area contributed by atoms with E-state index in [4.69, 9.17) is 4.74 Å². The highest BCUT2D eigenvalue weighted by molar-refractivity contribution is 5.92. The van der Waals surface area contributed by atoms with E-state index >= 15 is 0 Å². The van der Waals surface area contributed by atoms with Gasteiger partial charge in [0, 0.05) is 31.7 Å². The van der Waals surface area contributed by atoms with E-state index in [1.807, 2.05) is 74.0 Å². The molecule has 0 unspecified atom stereocenters. The highest BCUT2D eigenvalue weighted by Crippen LogP contribution is 2.24. The SMILES string of the molecule is CC(C)(C)OC(=O)N1CC=C(c2ccc(CC(=O)Nc3ccc4nccn4c3)cc2)CC1. The predicted octanol–water partition coefficient (Wildman–Crippen LogP) is 4.54. The van der Waals surface area contributed by atoms with Gasteiger partial charge in [-0.25, -0.2) is 9.78 Å². The summed E-state index contributed by atoms with van der Waals surface area (Å²) in [6.45, 7) is 6.78. The average Bonchev–Trinajstić information content (AvgIpc) is 3.21. The van der Waals surface area contributed by atoms with Crippen LogP contribution >= 0.6 is 0 Å². The number of rotatable bonds is 4. The van der Waals surface area contributed by atoms with E-state index in [1.165, 1.54) is 5.57 Å². The zero-order chi connectivity index (χ0) is 22.7. The Morgan fingerprint density at radius 3 is 2.59 bits per heavy atom. The maximum absolute atomic E-state index is 12.4. The van der Waals surface area contributed by atoms with Crippen molar-refractivity contribution in [1.82, 2.24) is 14.3 Å². The summed E-state index contributed by atoms with van der Waals surface area (Å²) in [6, 6.07) is 11.8. The first-order chi connectivity index (χ1) is 15.3. The predicted molar refractivity (Wildman–Crippen MR) is 124 cm³/mol. The molecule has 166 valence electrons. The summed E-state index contributed by atoms with van der Waals surface area (Å²) < 4.78 is 7.31. The molecule has 32 heavy (non-hydrogen) atoms. The van der Waals surface area contributed by atoms with Crippen molar-refractivity contribution in [2.75, 3.05) is 18.4 Å². The lowest BCUT2D eigenvalue weighted by Gasteiger charge is -2.29. The molecule has 3 aromatic rings. The second kappa shape index (κ2) is 8.86. The van der Waals surface area contributed by atoms with Gasteiger partial charge < -0.3 is 19.4 Å². The van der Waals surface area contributed by atoms with Gasteiger partial charge in [0.2, 0.25) is 5.91 Å². The number of hydrogen-bond acceptors (Lipinski definition) is 4. The van der Waals surface area contributed by atoms with Gasteiger partial charge in [-0.15, -0.1) is 0 Å². The Kier molecular flexibility index (Phi) is 5.99. The van der Waals surface area contributed by atoms with Gasteiger partial charge in [0.05, 0.1) is 12.1 Å². The number of amides is 2. The van der Waals surface area contributed by atoms with Gasteiger partial charge in [-0.1, -0.05) is 30.3 Å². The van der Waals surface area contributed by atoms with Gasteiger partial charge in [0.1, 0.15) is 11.2 Å². The Morgan fingerprint density at radius 1 is 1.12 bits per heavy atom. The molecule has 1 aliphatic rings. The fraction of sp³-hybridized carbons (Fsp3) is 0.320. The Balaban J connectivity index is 1.33. The molecule has 7 heteroatoms. The summed E-state index contributed by atoms with van der Waals surface area (Å²) in [5.74, 6) is -0.0675. The fourth-order valence-corrected chi connectivity index (χ4v) is 3.64. The van der Waals surface area contributed by atoms with Crippen LogP contribution in [0.25, 0.3) is 11.2 Å². The van der Waals surface area contributed by atoms with Crippen LogP contribution < -0.4 is 5.32 Å². The van der Waals surface area contributed by atoms with Crippen LogP contribution in [-0.2, 0) is 16.0 Å². The third kappa shape index (κ3) is 5.35. The molecule has 3 heterocycles. The molecule has 0 spiro atoms. The number of carbonyl (C=O) groups excluding carboxylic acids is 2. The minimum absolute atomic E-state index is 0.0675. The smallest absolute Gasteiger partial charge is 0.410 e. The van der Waals surface area contributed by atoms with E-state index in [0.29, 0.717) is 19.5 Å². The van der Waals surface area contributed by atoms with E-state index in [2.05, 4.69) is 16.4 Å². The van der Waals surface area contributed by atoms with E-state index in [-0.39, 0.29) is 12.0 Å². The molecule has 2 aromatic heterocycles. The van der Waals surface area contributed by atoms with Crippen molar-refractivity contribution in [2.24, 2.45) is 0 Å². The van der Waals surface area contributed by atoms with Gasteiger partial charge >= 0.3 is 6.09 Å². The standard InChI is InChI=1S/C25H28N4O3/c1-25(2,3)32-24(31)28-13-10-20(11-14-28)19-6-4-18(5-7-19)16-23(30)27-21-8-9-22-26-12-15-29(22)17-21/h4-10,12,15,17H,11,13-14,16H2,1-3H3,(H,27,30). The molecule has 0 saturated carbocycles. The molecular formula is C25H28N4O3. The highest BCUT2D eigenvalue weighted by Gasteiger charge is 2.23. The van der Waals surface area contributed by atoms with Crippen molar-refractivity contribution in [3.8, 4) is 0 Å². The molecule has 0 fully saturated rings. The molecule has 1 aliphatic heterocycles. The van der Waals surface area contributed by atoms with Gasteiger partial charge in [-0.2, -0.15) is 0 Å². The number of ether oxygens (including phenoxy) is 1. The van der Waals surface area contributed by atoms with Gasteiger partial charge in [0.25, 0.3) is 0 Å². The average molecular weight is 433 g/mol. The van der Waals surface area contributed by atoms with E-state index in [0.717, 1.165) is 28.9 Å². The normalized spacial score (nSPS) is 14.2. The first kappa shape index (κ1) is 21.6. The number of hydrogen-bond donors (Lipinski definition) is 1. The number of carbonyl (C=O) groups is 2. The molecule has 1 aromatic carbocycles. The molecular weight excluding hydrogens is 404 g/mol. The first-order valence-electron chi connectivity index (χ1n) is 10.8. The summed E-state index contributed by atoms with van der Waals surface area (Å²) in [6.07, 6.45) is 8.28. The van der Waals surface area contributed by atoms with Crippen LogP contribution in [0, 0.1) is 0 Å². The number of nitrogens with one attached hydrogen (secondary N) is 1. The molecule has 0 atom stereocenters. The quantitative estimate of drug-likeness (QED) is 0.657. The third-order valence-corrected chi connectivity index (χ3v) is 5.22. The number of benzene rings is 1. The van der Waals surface area contributed by atoms with Crippen molar-refractivity contribution in [1.29, 1.82) is 0 Å². The molecule has 7 nitrogen and oxygen atoms in total. The van der Waals surface area contributed by atoms with Gasteiger partial charge in [-0.05, 0) is 56.0 Å². The topological polar surface area (TPSA) is 75.9 Å². The van der Waals surface area contributed by atoms with E-state index in [1.54, 1.807) is 11.1 Å². The third-order valence-electron chi connectivity index (χ3n) is 5.22. The van der Waals surface area contributed by atoms with Crippen LogP contribution in [0.2, 0.25) is 0 Å². The first-order valence-corrected chi connectivity index (χ1v) is 10.8.